The summed E-state index contributed by atoms with van der Waals surface area (Å²) >= 11 is 0. The summed E-state index contributed by atoms with van der Waals surface area (Å²) < 4.78 is 68.4. The molecule has 0 amide bonds. The van der Waals surface area contributed by atoms with Gasteiger partial charge in [-0.05, 0) is 135 Å². The van der Waals surface area contributed by atoms with Gasteiger partial charge in [-0.15, -0.1) is 0 Å². The summed E-state index contributed by atoms with van der Waals surface area (Å²) in [6.45, 7) is 44.9. The van der Waals surface area contributed by atoms with E-state index in [9.17, 15) is 0 Å². The molecule has 4 aromatic carbocycles. The van der Waals surface area contributed by atoms with Gasteiger partial charge in [0.2, 0.25) is 0 Å². The van der Waals surface area contributed by atoms with Crippen LogP contribution in [0.25, 0.3) is 0 Å². The van der Waals surface area contributed by atoms with Crippen molar-refractivity contribution in [3.05, 3.63) is 158 Å². The molecule has 4 unspecified atom stereocenters. The van der Waals surface area contributed by atoms with Gasteiger partial charge in [0, 0.05) is 32.3 Å². The maximum Gasteiger partial charge on any atom is 0.261 e. The largest absolute Gasteiger partial charge is 0.417 e. The van der Waals surface area contributed by atoms with Gasteiger partial charge >= 0.3 is 0 Å². The van der Waals surface area contributed by atoms with Gasteiger partial charge < -0.3 is 41.7 Å². The molecule has 8 bridgehead atoms. The number of ether oxygens (including phenoxy) is 6. The summed E-state index contributed by atoms with van der Waals surface area (Å²) in [4.78, 5) is 15.4. The standard InChI is InChI=1S/C80H114O10Si3/c1-52-38-39-59-47-55(4)67(83-59)42-40-60-46-54(3)56(5)70(84-60)50-71-66(57(6)69(86-71)45-53(2)51-82-91(16,17)78(7,8)9)49-58(81)48-61-41-43-68-73(85-61)77(90-93(80(13,14)15,64-34-26-20-27-35-64)65-36-28-21-29-37-65)76-75(87-68)74(72(44-52)88-76)89-92(79(10,11)12,62-30-22-18-23-31-62)63-32-24-19-25-33-63/h18-39,52-54,57,59-61,66-77H,4-5,40-51H2,1-3,6-17H3/b39-38+/t52?,53-,54+,57+,59-,60-,61+,66+,67?,68-,69+,70?,71-,72+,73-,74-,75-,76?,77-/m0/s1. The lowest BCUT2D eigenvalue weighted by molar-refractivity contribution is -0.254. The van der Waals surface area contributed by atoms with Gasteiger partial charge in [-0.25, -0.2) is 0 Å². The van der Waals surface area contributed by atoms with E-state index >= 15 is 4.79 Å². The highest BCUT2D eigenvalue weighted by molar-refractivity contribution is 7.00. The second kappa shape index (κ2) is 28.5. The highest BCUT2D eigenvalue weighted by Gasteiger charge is 2.65. The van der Waals surface area contributed by atoms with E-state index in [4.69, 9.17) is 48.3 Å². The molecule has 506 valence electrons. The van der Waals surface area contributed by atoms with Gasteiger partial charge in [-0.2, -0.15) is 0 Å². The molecule has 7 heterocycles. The first-order valence-electron chi connectivity index (χ1n) is 35.8. The van der Waals surface area contributed by atoms with Crippen molar-refractivity contribution in [1.29, 1.82) is 0 Å². The Kier molecular flexibility index (Phi) is 21.6. The lowest BCUT2D eigenvalue weighted by Gasteiger charge is -2.53. The van der Waals surface area contributed by atoms with E-state index in [1.165, 1.54) is 20.7 Å². The summed E-state index contributed by atoms with van der Waals surface area (Å²) in [5.74, 6) is 0.956. The minimum atomic E-state index is -3.32. The molecule has 0 aliphatic carbocycles. The predicted molar refractivity (Wildman–Crippen MR) is 383 cm³/mol. The van der Waals surface area contributed by atoms with Crippen LogP contribution in [0.2, 0.25) is 28.2 Å². The average Bonchev–Trinajstić information content (AvgIpc) is 1.71. The molecule has 0 aromatic heterocycles. The van der Waals surface area contributed by atoms with E-state index in [0.717, 1.165) is 43.3 Å². The third kappa shape index (κ3) is 14.8. The maximum atomic E-state index is 15.4. The van der Waals surface area contributed by atoms with E-state index in [-0.39, 0.29) is 106 Å². The topological polar surface area (TPSA) is 100 Å². The number of allylic oxidation sites excluding steroid dienone is 1. The maximum absolute atomic E-state index is 15.4. The van der Waals surface area contributed by atoms with Gasteiger partial charge in [-0.1, -0.05) is 237 Å². The SMILES string of the molecule is C=C1C[C@@H]2/C=C/C(C)C[C@H]3OC4[C@@H](O[C@H]5CC[C@H](CC(=O)C[C@@H]6[C@@H](C)[C@@H](C[C@H](C)CO[Si](C)(C)C(C)(C)C)O[C@H]6CC6O[C@@H](CCC1O2)C[C@@H](C)C6=C)O[C@@H]5[C@@H]4O[Si](c1ccccc1)(c1ccccc1)C(C)(C)C)[C@H]3O[Si](c1ccccc1)(c1ccccc1)C(C)(C)C. The monoisotopic (exact) mass is 1320 g/mol. The molecule has 4 aromatic rings. The molecule has 7 aliphatic heterocycles. The zero-order valence-corrected chi connectivity index (χ0v) is 62.2. The molecule has 0 saturated carbocycles. The zero-order chi connectivity index (χ0) is 66.4. The fraction of sp³-hybridized carbons (Fsp3) is 0.613. The average molecular weight is 1320 g/mol. The molecule has 0 N–H and O–H groups in total. The van der Waals surface area contributed by atoms with Crippen molar-refractivity contribution in [2.24, 2.45) is 29.6 Å². The summed E-state index contributed by atoms with van der Waals surface area (Å²) in [7, 11) is -8.52. The fourth-order valence-electron chi connectivity index (χ4n) is 16.9. The van der Waals surface area contributed by atoms with E-state index in [2.05, 4.69) is 243 Å². The lowest BCUT2D eigenvalue weighted by Crippen LogP contribution is -2.73. The first-order chi connectivity index (χ1) is 44.1. The fourth-order valence-corrected chi connectivity index (χ4v) is 27.4. The van der Waals surface area contributed by atoms with Crippen molar-refractivity contribution in [3.63, 3.8) is 0 Å². The van der Waals surface area contributed by atoms with Gasteiger partial charge in [0.25, 0.3) is 16.6 Å². The van der Waals surface area contributed by atoms with Crippen molar-refractivity contribution in [2.75, 3.05) is 6.61 Å². The van der Waals surface area contributed by atoms with Gasteiger partial charge in [0.05, 0.1) is 54.9 Å². The van der Waals surface area contributed by atoms with E-state index in [1.807, 2.05) is 0 Å². The smallest absolute Gasteiger partial charge is 0.261 e. The Labute approximate surface area is 563 Å². The van der Waals surface area contributed by atoms with Gasteiger partial charge in [0.1, 0.15) is 36.3 Å². The van der Waals surface area contributed by atoms with Crippen LogP contribution < -0.4 is 20.7 Å². The number of Topliss-reactive ketones (excluding diaryl/α,β-unsaturated/α-hetero) is 1. The molecule has 10 nitrogen and oxygen atoms in total. The molecule has 0 radical (unpaired) electrons. The molecule has 7 aliphatic rings. The van der Waals surface area contributed by atoms with Crippen LogP contribution in [0.1, 0.15) is 161 Å². The molecule has 6 saturated heterocycles. The molecule has 19 atom stereocenters. The number of hydrogen-bond acceptors (Lipinski definition) is 10. The van der Waals surface area contributed by atoms with Crippen LogP contribution >= 0.6 is 0 Å². The number of hydrogen-bond donors (Lipinski definition) is 0. The summed E-state index contributed by atoms with van der Waals surface area (Å²) in [6.07, 6.45) is 7.86. The summed E-state index contributed by atoms with van der Waals surface area (Å²) in [6, 6.07) is 43.8. The molecular formula is C80H114O10Si3. The Hall–Kier alpha value is -3.94. The number of ketones is 1. The van der Waals surface area contributed by atoms with Crippen molar-refractivity contribution in [1.82, 2.24) is 0 Å². The molecule has 13 heteroatoms. The second-order valence-electron chi connectivity index (χ2n) is 33.1. The minimum absolute atomic E-state index is 0.0159. The number of benzene rings is 4. The summed E-state index contributed by atoms with van der Waals surface area (Å²) in [5.41, 5.74) is 2.26. The van der Waals surface area contributed by atoms with Crippen LogP contribution in [0.15, 0.2) is 158 Å². The Morgan fingerprint density at radius 1 is 0.527 bits per heavy atom. The van der Waals surface area contributed by atoms with Crippen molar-refractivity contribution in [2.45, 2.75) is 274 Å². The van der Waals surface area contributed by atoms with Crippen molar-refractivity contribution < 1.29 is 46.5 Å². The van der Waals surface area contributed by atoms with Crippen LogP contribution in [-0.2, 0) is 46.5 Å². The highest BCUT2D eigenvalue weighted by atomic mass is 28.4. The number of rotatable bonds is 13. The molecule has 6 fully saturated rings. The normalized spacial score (nSPS) is 34.2. The third-order valence-corrected chi connectivity index (χ3v) is 37.7. The lowest BCUT2D eigenvalue weighted by atomic mass is 9.78. The Morgan fingerprint density at radius 3 is 1.60 bits per heavy atom. The van der Waals surface area contributed by atoms with Crippen molar-refractivity contribution in [3.8, 4) is 0 Å². The van der Waals surface area contributed by atoms with Gasteiger partial charge in [0.15, 0.2) is 8.32 Å². The Bertz CT molecular complexity index is 3100. The number of carbonyl (C=O) groups excluding carboxylic acids is 1. The first kappa shape index (κ1) is 70.4. The van der Waals surface area contributed by atoms with E-state index < -0.39 is 61.6 Å². The summed E-state index contributed by atoms with van der Waals surface area (Å²) in [5, 5.41) is 4.20. The quantitative estimate of drug-likeness (QED) is 0.0950. The van der Waals surface area contributed by atoms with Crippen LogP contribution in [0, 0.1) is 29.6 Å². The number of fused-ring (bicyclic) bond motifs is 7. The Balaban J connectivity index is 0.999. The van der Waals surface area contributed by atoms with E-state index in [1.54, 1.807) is 0 Å². The molecular weight excluding hydrogens is 1210 g/mol. The van der Waals surface area contributed by atoms with E-state index in [0.29, 0.717) is 38.7 Å². The molecule has 93 heavy (non-hydrogen) atoms. The Morgan fingerprint density at radius 2 is 1.05 bits per heavy atom. The van der Waals surface area contributed by atoms with Gasteiger partial charge in [-0.3, -0.25) is 4.79 Å². The molecule has 11 rings (SSSR count). The minimum Gasteiger partial charge on any atom is -0.417 e. The zero-order valence-electron chi connectivity index (χ0n) is 59.2. The van der Waals surface area contributed by atoms with Crippen LogP contribution in [0.4, 0.5) is 0 Å². The first-order valence-corrected chi connectivity index (χ1v) is 42.5. The van der Waals surface area contributed by atoms with Crippen LogP contribution in [0.3, 0.4) is 0 Å². The molecule has 0 spiro atoms. The third-order valence-electron chi connectivity index (χ3n) is 23.2. The van der Waals surface area contributed by atoms with Crippen LogP contribution in [0.5, 0.6) is 0 Å². The van der Waals surface area contributed by atoms with Crippen molar-refractivity contribution >= 4 is 51.5 Å². The predicted octanol–water partition coefficient (Wildman–Crippen LogP) is 15.2. The second-order valence-corrected chi connectivity index (χ2v) is 46.4. The van der Waals surface area contributed by atoms with Crippen LogP contribution in [-0.4, -0.2) is 123 Å². The number of carbonyl (C=O) groups is 1. The highest BCUT2D eigenvalue weighted by Crippen LogP contribution is 2.50.